The number of ether oxygens (including phenoxy) is 1. The number of carboxylic acid groups (broad SMARTS) is 1. The summed E-state index contributed by atoms with van der Waals surface area (Å²) in [6.45, 7) is 3.26. The number of amides is 2. The smallest absolute Gasteiger partial charge is 0.408 e. The summed E-state index contributed by atoms with van der Waals surface area (Å²) >= 11 is 3.26. The molecular formula is C26H23BrN2O5. The molecule has 4 rings (SSSR count). The lowest BCUT2D eigenvalue weighted by Crippen LogP contribution is -2.52. The van der Waals surface area contributed by atoms with Crippen LogP contribution >= 0.6 is 15.9 Å². The van der Waals surface area contributed by atoms with Crippen LogP contribution in [0.4, 0.5) is 10.5 Å². The van der Waals surface area contributed by atoms with Gasteiger partial charge < -0.3 is 20.5 Å². The first-order chi connectivity index (χ1) is 16.2. The molecule has 1 aliphatic carbocycles. The molecule has 3 aromatic rings. The molecule has 0 spiro atoms. The molecule has 0 bridgehead atoms. The van der Waals surface area contributed by atoms with Crippen LogP contribution in [0, 0.1) is 0 Å². The van der Waals surface area contributed by atoms with Crippen molar-refractivity contribution in [1.82, 2.24) is 5.32 Å². The monoisotopic (exact) mass is 522 g/mol. The number of anilines is 1. The Morgan fingerprint density at radius 1 is 0.971 bits per heavy atom. The molecule has 3 N–H and O–H groups in total. The third-order valence-electron chi connectivity index (χ3n) is 5.79. The van der Waals surface area contributed by atoms with Gasteiger partial charge in [-0.1, -0.05) is 48.5 Å². The fourth-order valence-corrected chi connectivity index (χ4v) is 4.45. The van der Waals surface area contributed by atoms with Crippen LogP contribution in [0.1, 0.15) is 41.3 Å². The van der Waals surface area contributed by atoms with Gasteiger partial charge in [-0.25, -0.2) is 9.59 Å². The maximum Gasteiger partial charge on any atom is 0.408 e. The summed E-state index contributed by atoms with van der Waals surface area (Å²) in [4.78, 5) is 36.5. The number of carboxylic acids is 1. The van der Waals surface area contributed by atoms with E-state index in [1.807, 2.05) is 36.4 Å². The lowest BCUT2D eigenvalue weighted by molar-refractivity contribution is -0.121. The highest BCUT2D eigenvalue weighted by Crippen LogP contribution is 2.44. The molecule has 8 heteroatoms. The minimum absolute atomic E-state index is 0.0842. The van der Waals surface area contributed by atoms with Gasteiger partial charge in [-0.05, 0) is 70.2 Å². The average Bonchev–Trinajstić information content (AvgIpc) is 3.12. The molecule has 0 aliphatic heterocycles. The normalized spacial score (nSPS) is 12.4. The van der Waals surface area contributed by atoms with Crippen molar-refractivity contribution in [2.75, 3.05) is 11.9 Å². The van der Waals surface area contributed by atoms with Gasteiger partial charge in [-0.2, -0.15) is 0 Å². The summed E-state index contributed by atoms with van der Waals surface area (Å²) in [6.07, 6.45) is -0.706. The first-order valence-electron chi connectivity index (χ1n) is 10.6. The number of aromatic carboxylic acids is 1. The van der Waals surface area contributed by atoms with E-state index in [4.69, 9.17) is 9.84 Å². The molecule has 174 valence electrons. The van der Waals surface area contributed by atoms with E-state index < -0.39 is 23.5 Å². The molecule has 0 saturated heterocycles. The summed E-state index contributed by atoms with van der Waals surface area (Å²) in [5, 5.41) is 14.4. The van der Waals surface area contributed by atoms with Crippen molar-refractivity contribution >= 4 is 39.6 Å². The number of alkyl carbamates (subject to hydrolysis) is 1. The van der Waals surface area contributed by atoms with E-state index in [-0.39, 0.29) is 18.1 Å². The summed E-state index contributed by atoms with van der Waals surface area (Å²) in [6, 6.07) is 20.3. The van der Waals surface area contributed by atoms with Gasteiger partial charge in [0.2, 0.25) is 5.91 Å². The number of carbonyl (C=O) groups is 3. The van der Waals surface area contributed by atoms with Gasteiger partial charge in [0.05, 0.1) is 11.3 Å². The molecule has 0 atom stereocenters. The highest BCUT2D eigenvalue weighted by Gasteiger charge is 2.33. The Kier molecular flexibility index (Phi) is 6.43. The highest BCUT2D eigenvalue weighted by atomic mass is 79.9. The maximum absolute atomic E-state index is 12.8. The van der Waals surface area contributed by atoms with Gasteiger partial charge in [-0.15, -0.1) is 0 Å². The zero-order valence-corrected chi connectivity index (χ0v) is 20.2. The van der Waals surface area contributed by atoms with Crippen LogP contribution in [-0.2, 0) is 9.53 Å². The van der Waals surface area contributed by atoms with Gasteiger partial charge in [0.1, 0.15) is 12.1 Å². The Morgan fingerprint density at radius 2 is 1.56 bits per heavy atom. The number of carbonyl (C=O) groups excluding carboxylic acids is 2. The Balaban J connectivity index is 1.40. The average molecular weight is 523 g/mol. The van der Waals surface area contributed by atoms with Crippen LogP contribution in [0.3, 0.4) is 0 Å². The van der Waals surface area contributed by atoms with E-state index >= 15 is 0 Å². The second kappa shape index (κ2) is 9.30. The van der Waals surface area contributed by atoms with Gasteiger partial charge in [0, 0.05) is 10.4 Å². The van der Waals surface area contributed by atoms with E-state index in [9.17, 15) is 14.4 Å². The molecule has 0 radical (unpaired) electrons. The van der Waals surface area contributed by atoms with Crippen LogP contribution in [0.5, 0.6) is 0 Å². The summed E-state index contributed by atoms with van der Waals surface area (Å²) in [5.74, 6) is -1.64. The number of halogens is 1. The van der Waals surface area contributed by atoms with Crippen molar-refractivity contribution in [3.05, 3.63) is 87.9 Å². The highest BCUT2D eigenvalue weighted by molar-refractivity contribution is 9.10. The van der Waals surface area contributed by atoms with Crippen LogP contribution in [0.15, 0.2) is 71.2 Å². The van der Waals surface area contributed by atoms with E-state index in [1.54, 1.807) is 13.8 Å². The number of nitrogens with one attached hydrogen (secondary N) is 2. The lowest BCUT2D eigenvalue weighted by Gasteiger charge is -2.25. The number of hydrogen-bond acceptors (Lipinski definition) is 4. The Bertz CT molecular complexity index is 1240. The van der Waals surface area contributed by atoms with Crippen molar-refractivity contribution in [2.45, 2.75) is 25.3 Å². The van der Waals surface area contributed by atoms with Crippen LogP contribution < -0.4 is 10.6 Å². The van der Waals surface area contributed by atoms with Gasteiger partial charge in [-0.3, -0.25) is 4.79 Å². The first kappa shape index (κ1) is 23.5. The first-order valence-corrected chi connectivity index (χ1v) is 11.4. The molecule has 3 aromatic carbocycles. The number of fused-ring (bicyclic) bond motifs is 3. The Hall–Kier alpha value is -3.65. The second-order valence-electron chi connectivity index (χ2n) is 8.53. The fraction of sp³-hybridized carbons (Fsp3) is 0.192. The minimum Gasteiger partial charge on any atom is -0.478 e. The third-order valence-corrected chi connectivity index (χ3v) is 6.45. The molecule has 0 unspecified atom stereocenters. The molecule has 0 saturated carbocycles. The number of benzene rings is 3. The van der Waals surface area contributed by atoms with Gasteiger partial charge in [0.25, 0.3) is 0 Å². The molecule has 34 heavy (non-hydrogen) atoms. The van der Waals surface area contributed by atoms with Crippen molar-refractivity contribution in [3.63, 3.8) is 0 Å². The van der Waals surface area contributed by atoms with Crippen molar-refractivity contribution in [3.8, 4) is 11.1 Å². The fourth-order valence-electron chi connectivity index (χ4n) is 3.97. The van der Waals surface area contributed by atoms with Crippen molar-refractivity contribution in [1.29, 1.82) is 0 Å². The quantitative estimate of drug-likeness (QED) is 0.401. The van der Waals surface area contributed by atoms with Crippen LogP contribution in [0.2, 0.25) is 0 Å². The minimum atomic E-state index is -1.28. The molecule has 1 aliphatic rings. The molecule has 0 fully saturated rings. The van der Waals surface area contributed by atoms with E-state index in [1.165, 1.54) is 18.2 Å². The SMILES string of the molecule is CC(C)(NC(=O)OCC1c2ccccc2-c2ccccc21)C(=O)Nc1ccc(C(=O)O)cc1Br. The lowest BCUT2D eigenvalue weighted by atomic mass is 9.98. The van der Waals surface area contributed by atoms with E-state index in [2.05, 4.69) is 38.7 Å². The van der Waals surface area contributed by atoms with Crippen LogP contribution in [0.25, 0.3) is 11.1 Å². The summed E-state index contributed by atoms with van der Waals surface area (Å²) in [7, 11) is 0. The molecule has 0 aromatic heterocycles. The van der Waals surface area contributed by atoms with Crippen molar-refractivity contribution in [2.24, 2.45) is 0 Å². The summed E-state index contributed by atoms with van der Waals surface area (Å²) < 4.78 is 5.95. The van der Waals surface area contributed by atoms with Gasteiger partial charge >= 0.3 is 12.1 Å². The van der Waals surface area contributed by atoms with Crippen LogP contribution in [-0.4, -0.2) is 35.2 Å². The molecule has 0 heterocycles. The maximum atomic E-state index is 12.8. The molecule has 2 amide bonds. The number of hydrogen-bond donors (Lipinski definition) is 3. The zero-order valence-electron chi connectivity index (χ0n) is 18.6. The van der Waals surface area contributed by atoms with E-state index in [0.29, 0.717) is 10.2 Å². The standard InChI is InChI=1S/C26H23BrN2O5/c1-26(2,24(32)28-22-12-11-15(23(30)31)13-21(22)27)29-25(33)34-14-20-18-9-5-3-7-16(18)17-8-4-6-10-19(17)20/h3-13,20H,14H2,1-2H3,(H,28,32)(H,29,33)(H,30,31). The third kappa shape index (κ3) is 4.68. The molecule has 7 nitrogen and oxygen atoms in total. The Labute approximate surface area is 205 Å². The predicted molar refractivity (Wildman–Crippen MR) is 132 cm³/mol. The Morgan fingerprint density at radius 3 is 2.12 bits per heavy atom. The van der Waals surface area contributed by atoms with Gasteiger partial charge in [0.15, 0.2) is 0 Å². The second-order valence-corrected chi connectivity index (χ2v) is 9.38. The number of rotatable bonds is 6. The van der Waals surface area contributed by atoms with E-state index in [0.717, 1.165) is 22.3 Å². The topological polar surface area (TPSA) is 105 Å². The largest absolute Gasteiger partial charge is 0.478 e. The van der Waals surface area contributed by atoms with Crippen molar-refractivity contribution < 1.29 is 24.2 Å². The molecular weight excluding hydrogens is 500 g/mol. The zero-order chi connectivity index (χ0) is 24.5. The predicted octanol–water partition coefficient (Wildman–Crippen LogP) is 5.40. The summed E-state index contributed by atoms with van der Waals surface area (Å²) in [5.41, 5.74) is 3.65.